The minimum absolute atomic E-state index is 0.304. The van der Waals surface area contributed by atoms with Crippen LogP contribution in [0.1, 0.15) is 22.6 Å². The Morgan fingerprint density at radius 2 is 1.34 bits per heavy atom. The maximum absolute atomic E-state index is 6.60. The Kier molecular flexibility index (Phi) is 5.13. The summed E-state index contributed by atoms with van der Waals surface area (Å²) < 4.78 is 18.6. The number of rotatable bonds is 6. The molecule has 3 nitrogen and oxygen atoms in total. The molecule has 0 amide bonds. The first-order valence-corrected chi connectivity index (χ1v) is 13.5. The second kappa shape index (κ2) is 7.60. The highest BCUT2D eigenvalue weighted by Gasteiger charge is 2.40. The van der Waals surface area contributed by atoms with Crippen LogP contribution in [-0.2, 0) is 6.42 Å². The third kappa shape index (κ3) is 3.53. The van der Waals surface area contributed by atoms with Gasteiger partial charge in [-0.25, -0.2) is 0 Å². The Morgan fingerprint density at radius 3 is 1.90 bits per heavy atom. The molecule has 0 bridgehead atoms. The predicted octanol–water partition coefficient (Wildman–Crippen LogP) is 6.27. The van der Waals surface area contributed by atoms with Crippen LogP contribution in [0.15, 0.2) is 60.7 Å². The van der Waals surface area contributed by atoms with Crippen molar-refractivity contribution >= 4 is 8.32 Å². The van der Waals surface area contributed by atoms with Crippen molar-refractivity contribution in [2.45, 2.75) is 32.0 Å². The van der Waals surface area contributed by atoms with E-state index in [0.29, 0.717) is 5.92 Å². The average molecular weight is 405 g/mol. The number of ether oxygens (including phenoxy) is 2. The molecule has 4 rings (SSSR count). The lowest BCUT2D eigenvalue weighted by molar-refractivity contribution is 0.366. The lowest BCUT2D eigenvalue weighted by Gasteiger charge is -2.37. The molecule has 0 fully saturated rings. The number of benzene rings is 3. The number of methoxy groups -OCH3 is 2. The summed E-state index contributed by atoms with van der Waals surface area (Å²) >= 11 is 0. The van der Waals surface area contributed by atoms with Gasteiger partial charge in [-0.15, -0.1) is 0 Å². The molecule has 0 saturated heterocycles. The van der Waals surface area contributed by atoms with Crippen LogP contribution < -0.4 is 13.9 Å². The molecule has 0 aliphatic heterocycles. The summed E-state index contributed by atoms with van der Waals surface area (Å²) in [6, 6.07) is 21.0. The first-order valence-electron chi connectivity index (χ1n) is 10.0. The molecule has 0 aromatic heterocycles. The molecule has 0 saturated carbocycles. The Morgan fingerprint density at radius 1 is 0.759 bits per heavy atom. The van der Waals surface area contributed by atoms with Gasteiger partial charge >= 0.3 is 0 Å². The van der Waals surface area contributed by atoms with Crippen molar-refractivity contribution in [1.29, 1.82) is 0 Å². The lowest BCUT2D eigenvalue weighted by atomic mass is 9.71. The number of hydrogen-bond donors (Lipinski definition) is 0. The van der Waals surface area contributed by atoms with Gasteiger partial charge in [0.25, 0.3) is 0 Å². The van der Waals surface area contributed by atoms with Gasteiger partial charge in [-0.3, -0.25) is 0 Å². The van der Waals surface area contributed by atoms with Crippen molar-refractivity contribution in [3.8, 4) is 28.4 Å². The molecule has 29 heavy (non-hydrogen) atoms. The van der Waals surface area contributed by atoms with E-state index < -0.39 is 8.32 Å². The van der Waals surface area contributed by atoms with E-state index in [1.165, 1.54) is 16.7 Å². The molecule has 0 heterocycles. The van der Waals surface area contributed by atoms with E-state index >= 15 is 0 Å². The SMILES string of the molecule is COc1c2c(c(OC)c(-c3ccccc3)c1O[Si](C)(C)C)C(c1ccccc1)C2. The molecule has 1 atom stereocenters. The van der Waals surface area contributed by atoms with Crippen LogP contribution in [-0.4, -0.2) is 22.5 Å². The van der Waals surface area contributed by atoms with Crippen LogP contribution in [0.4, 0.5) is 0 Å². The highest BCUT2D eigenvalue weighted by Crippen LogP contribution is 2.58. The van der Waals surface area contributed by atoms with E-state index in [-0.39, 0.29) is 0 Å². The van der Waals surface area contributed by atoms with Gasteiger partial charge in [0, 0.05) is 17.0 Å². The fourth-order valence-electron chi connectivity index (χ4n) is 4.16. The zero-order valence-electron chi connectivity index (χ0n) is 17.8. The summed E-state index contributed by atoms with van der Waals surface area (Å²) in [5.74, 6) is 2.88. The smallest absolute Gasteiger partial charge is 0.242 e. The molecule has 1 aliphatic rings. The minimum atomic E-state index is -1.88. The van der Waals surface area contributed by atoms with E-state index in [0.717, 1.165) is 34.8 Å². The predicted molar refractivity (Wildman–Crippen MR) is 121 cm³/mol. The maximum Gasteiger partial charge on any atom is 0.242 e. The van der Waals surface area contributed by atoms with E-state index in [9.17, 15) is 0 Å². The van der Waals surface area contributed by atoms with E-state index in [4.69, 9.17) is 13.9 Å². The zero-order chi connectivity index (χ0) is 20.6. The topological polar surface area (TPSA) is 27.7 Å². The molecular weight excluding hydrogens is 376 g/mol. The van der Waals surface area contributed by atoms with Crippen molar-refractivity contribution in [2.75, 3.05) is 14.2 Å². The van der Waals surface area contributed by atoms with E-state index in [1.807, 2.05) is 18.2 Å². The van der Waals surface area contributed by atoms with Gasteiger partial charge in [-0.1, -0.05) is 60.7 Å². The summed E-state index contributed by atoms with van der Waals surface area (Å²) in [5.41, 5.74) is 5.80. The van der Waals surface area contributed by atoms with Crippen LogP contribution in [0.3, 0.4) is 0 Å². The highest BCUT2D eigenvalue weighted by atomic mass is 28.4. The van der Waals surface area contributed by atoms with Crippen molar-refractivity contribution in [3.63, 3.8) is 0 Å². The van der Waals surface area contributed by atoms with Crippen LogP contribution in [0, 0.1) is 0 Å². The zero-order valence-corrected chi connectivity index (χ0v) is 18.8. The second-order valence-corrected chi connectivity index (χ2v) is 12.8. The summed E-state index contributed by atoms with van der Waals surface area (Å²) in [6.45, 7) is 6.58. The van der Waals surface area contributed by atoms with Gasteiger partial charge in [-0.05, 0) is 37.2 Å². The standard InChI is InChI=1S/C25H28O3Si/c1-26-23-20-16-19(17-12-8-6-9-13-17)22(20)24(27-2)21(18-14-10-7-11-15-18)25(23)28-29(3,4)5/h6-15,19H,16H2,1-5H3. The first-order chi connectivity index (χ1) is 13.9. The summed E-state index contributed by atoms with van der Waals surface area (Å²) in [6.07, 6.45) is 0.927. The molecule has 3 aromatic rings. The van der Waals surface area contributed by atoms with Crippen LogP contribution in [0.5, 0.6) is 17.2 Å². The molecule has 3 aromatic carbocycles. The van der Waals surface area contributed by atoms with Gasteiger partial charge in [0.2, 0.25) is 8.32 Å². The lowest BCUT2D eigenvalue weighted by Crippen LogP contribution is -2.31. The van der Waals surface area contributed by atoms with Gasteiger partial charge in [0.1, 0.15) is 5.75 Å². The molecule has 1 aliphatic carbocycles. The third-order valence-electron chi connectivity index (χ3n) is 5.34. The monoisotopic (exact) mass is 404 g/mol. The molecule has 4 heteroatoms. The van der Waals surface area contributed by atoms with Gasteiger partial charge < -0.3 is 13.9 Å². The summed E-state index contributed by atoms with van der Waals surface area (Å²) in [4.78, 5) is 0. The van der Waals surface area contributed by atoms with Crippen LogP contribution in [0.25, 0.3) is 11.1 Å². The number of fused-ring (bicyclic) bond motifs is 1. The van der Waals surface area contributed by atoms with Gasteiger partial charge in [0.15, 0.2) is 11.5 Å². The van der Waals surface area contributed by atoms with Gasteiger partial charge in [-0.2, -0.15) is 0 Å². The Balaban J connectivity index is 2.00. The molecular formula is C25H28O3Si. The number of hydrogen-bond acceptors (Lipinski definition) is 3. The molecule has 0 spiro atoms. The highest BCUT2D eigenvalue weighted by molar-refractivity contribution is 6.70. The maximum atomic E-state index is 6.60. The molecule has 1 unspecified atom stereocenters. The van der Waals surface area contributed by atoms with E-state index in [1.54, 1.807) is 14.2 Å². The fraction of sp³-hybridized carbons (Fsp3) is 0.280. The van der Waals surface area contributed by atoms with Crippen molar-refractivity contribution in [2.24, 2.45) is 0 Å². The average Bonchev–Trinajstić information content (AvgIpc) is 2.69. The Labute approximate surface area is 174 Å². The molecule has 0 radical (unpaired) electrons. The molecule has 150 valence electrons. The first kappa shape index (κ1) is 19.6. The second-order valence-electron chi connectivity index (χ2n) is 8.41. The fourth-order valence-corrected chi connectivity index (χ4v) is 4.97. The van der Waals surface area contributed by atoms with Crippen LogP contribution in [0.2, 0.25) is 19.6 Å². The third-order valence-corrected chi connectivity index (χ3v) is 6.16. The minimum Gasteiger partial charge on any atom is -0.541 e. The van der Waals surface area contributed by atoms with Crippen molar-refractivity contribution in [3.05, 3.63) is 77.4 Å². The largest absolute Gasteiger partial charge is 0.541 e. The van der Waals surface area contributed by atoms with E-state index in [2.05, 4.69) is 62.1 Å². The Hall–Kier alpha value is -2.72. The van der Waals surface area contributed by atoms with Crippen LogP contribution >= 0.6 is 0 Å². The quantitative estimate of drug-likeness (QED) is 0.453. The van der Waals surface area contributed by atoms with Crippen molar-refractivity contribution < 1.29 is 13.9 Å². The Bertz CT molecular complexity index is 1010. The summed E-state index contributed by atoms with van der Waals surface area (Å²) in [7, 11) is 1.62. The molecule has 0 N–H and O–H groups in total. The van der Waals surface area contributed by atoms with Crippen molar-refractivity contribution in [1.82, 2.24) is 0 Å². The van der Waals surface area contributed by atoms with Gasteiger partial charge in [0.05, 0.1) is 19.8 Å². The summed E-state index contributed by atoms with van der Waals surface area (Å²) in [5, 5.41) is 0. The normalized spacial score (nSPS) is 15.3.